The molecule has 1 aliphatic rings. The molecule has 22 heavy (non-hydrogen) atoms. The largest absolute Gasteiger partial charge is 0.273 e. The number of halogens is 2. The fourth-order valence-corrected chi connectivity index (χ4v) is 2.63. The second-order valence-corrected chi connectivity index (χ2v) is 5.16. The third-order valence-electron chi connectivity index (χ3n) is 3.66. The van der Waals surface area contributed by atoms with Gasteiger partial charge in [0, 0.05) is 24.5 Å². The van der Waals surface area contributed by atoms with Crippen molar-refractivity contribution < 1.29 is 13.6 Å². The lowest BCUT2D eigenvalue weighted by Crippen LogP contribution is -2.25. The molecule has 1 amide bonds. The molecule has 0 aliphatic carbocycles. The van der Waals surface area contributed by atoms with Gasteiger partial charge in [0.05, 0.1) is 11.8 Å². The minimum atomic E-state index is -0.503. The summed E-state index contributed by atoms with van der Waals surface area (Å²) in [5, 5.41) is 5.53. The number of rotatable bonds is 2. The van der Waals surface area contributed by atoms with E-state index in [4.69, 9.17) is 0 Å². The molecule has 2 aromatic rings. The summed E-state index contributed by atoms with van der Waals surface area (Å²) in [7, 11) is 0. The van der Waals surface area contributed by atoms with Crippen molar-refractivity contribution in [2.45, 2.75) is 19.4 Å². The average molecular weight is 300 g/mol. The van der Waals surface area contributed by atoms with Crippen LogP contribution >= 0.6 is 0 Å². The lowest BCUT2D eigenvalue weighted by Gasteiger charge is -2.20. The molecule has 2 aromatic carbocycles. The predicted molar refractivity (Wildman–Crippen MR) is 79.2 cm³/mol. The Labute approximate surface area is 126 Å². The monoisotopic (exact) mass is 300 g/mol. The molecular formula is C17H14F2N2O. The molecule has 0 aromatic heterocycles. The van der Waals surface area contributed by atoms with E-state index in [0.29, 0.717) is 23.3 Å². The van der Waals surface area contributed by atoms with Gasteiger partial charge in [-0.1, -0.05) is 30.3 Å². The summed E-state index contributed by atoms with van der Waals surface area (Å²) in [5.41, 5.74) is 1.58. The first-order valence-electron chi connectivity index (χ1n) is 6.94. The van der Waals surface area contributed by atoms with Gasteiger partial charge in [-0.05, 0) is 18.2 Å². The Morgan fingerprint density at radius 1 is 1.18 bits per heavy atom. The fourth-order valence-electron chi connectivity index (χ4n) is 2.63. The summed E-state index contributed by atoms with van der Waals surface area (Å²) in [6, 6.07) is 11.8. The van der Waals surface area contributed by atoms with Gasteiger partial charge < -0.3 is 0 Å². The maximum atomic E-state index is 14.0. The van der Waals surface area contributed by atoms with Crippen LogP contribution in [0, 0.1) is 11.6 Å². The number of amides is 1. The number of hydrogen-bond donors (Lipinski definition) is 0. The van der Waals surface area contributed by atoms with Gasteiger partial charge in [0.25, 0.3) is 0 Å². The Morgan fingerprint density at radius 3 is 2.64 bits per heavy atom. The van der Waals surface area contributed by atoms with Crippen molar-refractivity contribution in [1.29, 1.82) is 0 Å². The van der Waals surface area contributed by atoms with Gasteiger partial charge in [-0.2, -0.15) is 5.10 Å². The first kappa shape index (κ1) is 14.4. The van der Waals surface area contributed by atoms with Gasteiger partial charge in [-0.15, -0.1) is 0 Å². The van der Waals surface area contributed by atoms with Gasteiger partial charge in [0.15, 0.2) is 0 Å². The first-order chi connectivity index (χ1) is 10.6. The van der Waals surface area contributed by atoms with Gasteiger partial charge in [-0.25, -0.2) is 13.8 Å². The second kappa shape index (κ2) is 5.67. The normalized spacial score (nSPS) is 17.5. The molecule has 0 radical (unpaired) electrons. The summed E-state index contributed by atoms with van der Waals surface area (Å²) in [6.07, 6.45) is 0.351. The summed E-state index contributed by atoms with van der Waals surface area (Å²) >= 11 is 0. The maximum Gasteiger partial charge on any atom is 0.240 e. The quantitative estimate of drug-likeness (QED) is 0.833. The number of carbonyl (C=O) groups excluding carboxylic acids is 1. The van der Waals surface area contributed by atoms with Gasteiger partial charge in [-0.3, -0.25) is 4.79 Å². The topological polar surface area (TPSA) is 32.7 Å². The van der Waals surface area contributed by atoms with E-state index < -0.39 is 6.04 Å². The highest BCUT2D eigenvalue weighted by Crippen LogP contribution is 2.34. The van der Waals surface area contributed by atoms with E-state index in [2.05, 4.69) is 5.10 Å². The van der Waals surface area contributed by atoms with Crippen LogP contribution in [0.5, 0.6) is 0 Å². The van der Waals surface area contributed by atoms with Gasteiger partial charge in [0.2, 0.25) is 5.91 Å². The maximum absolute atomic E-state index is 14.0. The first-order valence-corrected chi connectivity index (χ1v) is 6.94. The summed E-state index contributed by atoms with van der Waals surface area (Å²) in [4.78, 5) is 11.8. The van der Waals surface area contributed by atoms with E-state index in [1.165, 1.54) is 30.1 Å². The zero-order valence-corrected chi connectivity index (χ0v) is 12.0. The number of benzene rings is 2. The molecule has 3 rings (SSSR count). The summed E-state index contributed by atoms with van der Waals surface area (Å²) in [6.45, 7) is 1.38. The molecule has 0 N–H and O–H groups in total. The Bertz CT molecular complexity index is 758. The zero-order chi connectivity index (χ0) is 15.7. The Morgan fingerprint density at radius 2 is 1.95 bits per heavy atom. The number of carbonyl (C=O) groups is 1. The van der Waals surface area contributed by atoms with Crippen LogP contribution in [0.3, 0.4) is 0 Å². The molecule has 1 heterocycles. The van der Waals surface area contributed by atoms with Crippen LogP contribution in [-0.2, 0) is 4.79 Å². The highest BCUT2D eigenvalue weighted by Gasteiger charge is 2.32. The van der Waals surface area contributed by atoms with Crippen LogP contribution in [0.25, 0.3) is 0 Å². The Kier molecular flexibility index (Phi) is 3.71. The SMILES string of the molecule is CC(=O)N1N=C(c2cccc(F)c2)CC1c1ccccc1F. The predicted octanol–water partition coefficient (Wildman–Crippen LogP) is 3.66. The molecule has 0 bridgehead atoms. The van der Waals surface area contributed by atoms with E-state index in [-0.39, 0.29) is 17.5 Å². The Balaban J connectivity index is 1.99. The molecule has 5 heteroatoms. The van der Waals surface area contributed by atoms with E-state index in [1.807, 2.05) is 0 Å². The smallest absolute Gasteiger partial charge is 0.240 e. The zero-order valence-electron chi connectivity index (χ0n) is 12.0. The third kappa shape index (κ3) is 2.62. The molecule has 0 saturated heterocycles. The molecule has 1 atom stereocenters. The second-order valence-electron chi connectivity index (χ2n) is 5.16. The van der Waals surface area contributed by atoms with Crippen LogP contribution < -0.4 is 0 Å². The molecule has 0 saturated carbocycles. The van der Waals surface area contributed by atoms with Crippen molar-refractivity contribution in [3.63, 3.8) is 0 Å². The molecule has 112 valence electrons. The summed E-state index contributed by atoms with van der Waals surface area (Å²) in [5.74, 6) is -1.03. The average Bonchev–Trinajstić information content (AvgIpc) is 2.93. The van der Waals surface area contributed by atoms with Crippen LogP contribution in [-0.4, -0.2) is 16.6 Å². The van der Waals surface area contributed by atoms with E-state index in [0.717, 1.165) is 0 Å². The van der Waals surface area contributed by atoms with Crippen molar-refractivity contribution in [3.8, 4) is 0 Å². The molecule has 1 unspecified atom stereocenters. The lowest BCUT2D eigenvalue weighted by atomic mass is 9.98. The lowest BCUT2D eigenvalue weighted by molar-refractivity contribution is -0.130. The Hall–Kier alpha value is -2.56. The van der Waals surface area contributed by atoms with Crippen molar-refractivity contribution in [1.82, 2.24) is 5.01 Å². The number of hydrogen-bond acceptors (Lipinski definition) is 2. The minimum absolute atomic E-state index is 0.278. The standard InChI is InChI=1S/C17H14F2N2O/c1-11(22)21-17(14-7-2-3-8-15(14)19)10-16(20-21)12-5-4-6-13(18)9-12/h2-9,17H,10H2,1H3. The summed E-state index contributed by atoms with van der Waals surface area (Å²) < 4.78 is 27.4. The van der Waals surface area contributed by atoms with Gasteiger partial charge >= 0.3 is 0 Å². The van der Waals surface area contributed by atoms with Crippen LogP contribution in [0.2, 0.25) is 0 Å². The fraction of sp³-hybridized carbons (Fsp3) is 0.176. The van der Waals surface area contributed by atoms with Crippen LogP contribution in [0.1, 0.15) is 30.5 Å². The number of nitrogens with zero attached hydrogens (tertiary/aromatic N) is 2. The molecule has 0 fully saturated rings. The van der Waals surface area contributed by atoms with Crippen molar-refractivity contribution >= 4 is 11.6 Å². The molecule has 1 aliphatic heterocycles. The molecule has 3 nitrogen and oxygen atoms in total. The third-order valence-corrected chi connectivity index (χ3v) is 3.66. The number of hydrazone groups is 1. The van der Waals surface area contributed by atoms with Crippen molar-refractivity contribution in [2.24, 2.45) is 5.10 Å². The van der Waals surface area contributed by atoms with E-state index in [9.17, 15) is 13.6 Å². The van der Waals surface area contributed by atoms with Crippen LogP contribution in [0.15, 0.2) is 53.6 Å². The molecular weight excluding hydrogens is 286 g/mol. The molecule has 0 spiro atoms. The van der Waals surface area contributed by atoms with Crippen molar-refractivity contribution in [3.05, 3.63) is 71.3 Å². The highest BCUT2D eigenvalue weighted by atomic mass is 19.1. The highest BCUT2D eigenvalue weighted by molar-refractivity contribution is 6.03. The van der Waals surface area contributed by atoms with E-state index in [1.54, 1.807) is 30.3 Å². The van der Waals surface area contributed by atoms with Crippen molar-refractivity contribution in [2.75, 3.05) is 0 Å². The van der Waals surface area contributed by atoms with E-state index >= 15 is 0 Å². The minimum Gasteiger partial charge on any atom is -0.273 e. The van der Waals surface area contributed by atoms with Gasteiger partial charge in [0.1, 0.15) is 11.6 Å². The van der Waals surface area contributed by atoms with Crippen LogP contribution in [0.4, 0.5) is 8.78 Å².